The van der Waals surface area contributed by atoms with E-state index in [0.717, 1.165) is 5.56 Å². The lowest BCUT2D eigenvalue weighted by Crippen LogP contribution is -2.18. The molecule has 2 rings (SSSR count). The second-order valence-electron chi connectivity index (χ2n) is 6.80. The minimum absolute atomic E-state index is 0.0319. The van der Waals surface area contributed by atoms with E-state index in [1.165, 1.54) is 20.4 Å². The fourth-order valence-corrected chi connectivity index (χ4v) is 2.34. The Labute approximate surface area is 153 Å². The van der Waals surface area contributed by atoms with E-state index < -0.39 is 0 Å². The SMILES string of the molecule is COc1cc(/C=N/NC(=O)c2ccc(C(C)(C)C)cc2)cc(OC)c1O. The molecule has 2 aromatic carbocycles. The molecule has 0 saturated heterocycles. The number of nitrogens with one attached hydrogen (secondary N) is 1. The Hall–Kier alpha value is -3.02. The third kappa shape index (κ3) is 4.53. The van der Waals surface area contributed by atoms with Gasteiger partial charge in [0.25, 0.3) is 5.91 Å². The van der Waals surface area contributed by atoms with Crippen LogP contribution in [-0.4, -0.2) is 31.4 Å². The van der Waals surface area contributed by atoms with Crippen LogP contribution < -0.4 is 14.9 Å². The van der Waals surface area contributed by atoms with Gasteiger partial charge in [-0.15, -0.1) is 0 Å². The monoisotopic (exact) mass is 356 g/mol. The van der Waals surface area contributed by atoms with Crippen molar-refractivity contribution in [2.24, 2.45) is 5.10 Å². The molecule has 6 nitrogen and oxygen atoms in total. The van der Waals surface area contributed by atoms with Gasteiger partial charge in [0.2, 0.25) is 5.75 Å². The molecule has 138 valence electrons. The summed E-state index contributed by atoms with van der Waals surface area (Å²) in [7, 11) is 2.89. The van der Waals surface area contributed by atoms with Gasteiger partial charge in [-0.2, -0.15) is 5.10 Å². The quantitative estimate of drug-likeness (QED) is 0.635. The van der Waals surface area contributed by atoms with Crippen molar-refractivity contribution in [1.82, 2.24) is 5.43 Å². The number of ether oxygens (including phenoxy) is 2. The summed E-state index contributed by atoms with van der Waals surface area (Å²) < 4.78 is 10.2. The van der Waals surface area contributed by atoms with Gasteiger partial charge < -0.3 is 14.6 Å². The van der Waals surface area contributed by atoms with Crippen molar-refractivity contribution in [3.05, 3.63) is 53.1 Å². The zero-order valence-electron chi connectivity index (χ0n) is 15.7. The molecule has 0 atom stereocenters. The van der Waals surface area contributed by atoms with E-state index in [2.05, 4.69) is 31.3 Å². The molecule has 0 aromatic heterocycles. The summed E-state index contributed by atoms with van der Waals surface area (Å²) in [5.74, 6) is 0.124. The molecular weight excluding hydrogens is 332 g/mol. The van der Waals surface area contributed by atoms with Gasteiger partial charge in [-0.3, -0.25) is 4.79 Å². The van der Waals surface area contributed by atoms with Crippen LogP contribution in [0.25, 0.3) is 0 Å². The number of hydrogen-bond donors (Lipinski definition) is 2. The fourth-order valence-electron chi connectivity index (χ4n) is 2.34. The van der Waals surface area contributed by atoms with E-state index >= 15 is 0 Å². The van der Waals surface area contributed by atoms with Crippen LogP contribution in [0.5, 0.6) is 17.2 Å². The molecule has 0 saturated carbocycles. The summed E-state index contributed by atoms with van der Waals surface area (Å²) in [6.07, 6.45) is 1.45. The average molecular weight is 356 g/mol. The molecule has 0 aliphatic heterocycles. The van der Waals surface area contributed by atoms with Gasteiger partial charge in [0.1, 0.15) is 0 Å². The molecule has 0 radical (unpaired) electrons. The smallest absolute Gasteiger partial charge is 0.271 e. The van der Waals surface area contributed by atoms with Crippen molar-refractivity contribution in [1.29, 1.82) is 0 Å². The van der Waals surface area contributed by atoms with Crippen molar-refractivity contribution in [3.8, 4) is 17.2 Å². The number of phenols is 1. The predicted octanol–water partition coefficient (Wildman–Crippen LogP) is 3.47. The highest BCUT2D eigenvalue weighted by atomic mass is 16.5. The van der Waals surface area contributed by atoms with Gasteiger partial charge in [0.15, 0.2) is 11.5 Å². The fraction of sp³-hybridized carbons (Fsp3) is 0.300. The number of aromatic hydroxyl groups is 1. The van der Waals surface area contributed by atoms with Gasteiger partial charge in [0, 0.05) is 11.1 Å². The van der Waals surface area contributed by atoms with Crippen LogP contribution in [0, 0.1) is 0 Å². The number of phenolic OH excluding ortho intramolecular Hbond substituents is 1. The second-order valence-corrected chi connectivity index (χ2v) is 6.80. The summed E-state index contributed by atoms with van der Waals surface area (Å²) in [6, 6.07) is 10.6. The minimum atomic E-state index is -0.306. The Balaban J connectivity index is 2.09. The van der Waals surface area contributed by atoms with Crippen LogP contribution in [-0.2, 0) is 5.41 Å². The highest BCUT2D eigenvalue weighted by Crippen LogP contribution is 2.36. The second kappa shape index (κ2) is 7.91. The molecule has 1 amide bonds. The molecule has 26 heavy (non-hydrogen) atoms. The number of hydrazone groups is 1. The number of methoxy groups -OCH3 is 2. The van der Waals surface area contributed by atoms with E-state index in [-0.39, 0.29) is 28.6 Å². The van der Waals surface area contributed by atoms with Crippen LogP contribution in [0.3, 0.4) is 0 Å². The van der Waals surface area contributed by atoms with Crippen LogP contribution in [0.2, 0.25) is 0 Å². The molecule has 0 spiro atoms. The molecule has 0 unspecified atom stereocenters. The molecule has 2 N–H and O–H groups in total. The van der Waals surface area contributed by atoms with Crippen LogP contribution in [0.4, 0.5) is 0 Å². The predicted molar refractivity (Wildman–Crippen MR) is 101 cm³/mol. The first-order chi connectivity index (χ1) is 12.3. The number of hydrogen-bond acceptors (Lipinski definition) is 5. The molecule has 0 aliphatic rings. The maximum absolute atomic E-state index is 12.2. The maximum atomic E-state index is 12.2. The Morgan fingerprint density at radius 3 is 2.08 bits per heavy atom. The molecule has 0 heterocycles. The van der Waals surface area contributed by atoms with Crippen molar-refractivity contribution in [2.75, 3.05) is 14.2 Å². The minimum Gasteiger partial charge on any atom is -0.502 e. The van der Waals surface area contributed by atoms with Gasteiger partial charge in [-0.05, 0) is 35.2 Å². The first-order valence-electron chi connectivity index (χ1n) is 8.15. The largest absolute Gasteiger partial charge is 0.502 e. The van der Waals surface area contributed by atoms with Crippen LogP contribution in [0.15, 0.2) is 41.5 Å². The maximum Gasteiger partial charge on any atom is 0.271 e. The summed E-state index contributed by atoms with van der Waals surface area (Å²) in [4.78, 5) is 12.2. The Kier molecular flexibility index (Phi) is 5.87. The van der Waals surface area contributed by atoms with E-state index in [4.69, 9.17) is 9.47 Å². The number of carbonyl (C=O) groups is 1. The van der Waals surface area contributed by atoms with Crippen molar-refractivity contribution in [2.45, 2.75) is 26.2 Å². The zero-order valence-corrected chi connectivity index (χ0v) is 15.7. The van der Waals surface area contributed by atoms with Gasteiger partial charge >= 0.3 is 0 Å². The normalized spacial score (nSPS) is 11.4. The number of nitrogens with zero attached hydrogens (tertiary/aromatic N) is 1. The highest BCUT2D eigenvalue weighted by Gasteiger charge is 2.14. The molecular formula is C20H24N2O4. The molecule has 0 fully saturated rings. The standard InChI is InChI=1S/C20H24N2O4/c1-20(2,3)15-8-6-14(7-9-15)19(24)22-21-12-13-10-16(25-4)18(23)17(11-13)26-5/h6-12,23H,1-5H3,(H,22,24)/b21-12+. The number of amides is 1. The highest BCUT2D eigenvalue weighted by molar-refractivity contribution is 5.95. The Morgan fingerprint density at radius 2 is 1.62 bits per heavy atom. The number of rotatable bonds is 5. The Morgan fingerprint density at radius 1 is 1.08 bits per heavy atom. The average Bonchev–Trinajstić information content (AvgIpc) is 2.62. The van der Waals surface area contributed by atoms with Crippen LogP contribution >= 0.6 is 0 Å². The molecule has 2 aromatic rings. The molecule has 0 bridgehead atoms. The van der Waals surface area contributed by atoms with E-state index in [1.54, 1.807) is 24.3 Å². The molecule has 0 aliphatic carbocycles. The lowest BCUT2D eigenvalue weighted by atomic mass is 9.87. The van der Waals surface area contributed by atoms with Crippen molar-refractivity contribution >= 4 is 12.1 Å². The van der Waals surface area contributed by atoms with Crippen molar-refractivity contribution < 1.29 is 19.4 Å². The van der Waals surface area contributed by atoms with Crippen molar-refractivity contribution in [3.63, 3.8) is 0 Å². The summed E-state index contributed by atoms with van der Waals surface area (Å²) in [5.41, 5.74) is 4.80. The summed E-state index contributed by atoms with van der Waals surface area (Å²) >= 11 is 0. The lowest BCUT2D eigenvalue weighted by Gasteiger charge is -2.18. The topological polar surface area (TPSA) is 80.2 Å². The first-order valence-corrected chi connectivity index (χ1v) is 8.15. The van der Waals surface area contributed by atoms with Gasteiger partial charge in [-0.1, -0.05) is 32.9 Å². The number of carbonyl (C=O) groups excluding carboxylic acids is 1. The van der Waals surface area contributed by atoms with E-state index in [9.17, 15) is 9.90 Å². The lowest BCUT2D eigenvalue weighted by molar-refractivity contribution is 0.0955. The third-order valence-electron chi connectivity index (χ3n) is 3.89. The number of benzene rings is 2. The zero-order chi connectivity index (χ0) is 19.3. The van der Waals surface area contributed by atoms with Gasteiger partial charge in [0.05, 0.1) is 20.4 Å². The summed E-state index contributed by atoms with van der Waals surface area (Å²) in [6.45, 7) is 6.35. The first kappa shape index (κ1) is 19.3. The molecule has 6 heteroatoms. The Bertz CT molecular complexity index is 781. The van der Waals surface area contributed by atoms with Crippen LogP contribution in [0.1, 0.15) is 42.3 Å². The third-order valence-corrected chi connectivity index (χ3v) is 3.89. The van der Waals surface area contributed by atoms with E-state index in [0.29, 0.717) is 11.1 Å². The summed E-state index contributed by atoms with van der Waals surface area (Å²) in [5, 5.41) is 13.8. The van der Waals surface area contributed by atoms with Gasteiger partial charge in [-0.25, -0.2) is 5.43 Å². The van der Waals surface area contributed by atoms with E-state index in [1.807, 2.05) is 12.1 Å².